The predicted octanol–water partition coefficient (Wildman–Crippen LogP) is 3.05. The SMILES string of the molecule is CCNCC(Cc1cnn(CC)c1)Cc1ccccc1F. The van der Waals surface area contributed by atoms with Crippen LogP contribution in [0, 0.1) is 11.7 Å². The lowest BCUT2D eigenvalue weighted by molar-refractivity contribution is 0.467. The van der Waals surface area contributed by atoms with Crippen molar-refractivity contribution in [3.63, 3.8) is 0 Å². The maximum absolute atomic E-state index is 13.8. The molecular formula is C17H24FN3. The molecule has 2 aromatic rings. The minimum absolute atomic E-state index is 0.108. The molecule has 1 heterocycles. The summed E-state index contributed by atoms with van der Waals surface area (Å²) < 4.78 is 15.8. The van der Waals surface area contributed by atoms with E-state index in [-0.39, 0.29) is 5.82 Å². The smallest absolute Gasteiger partial charge is 0.126 e. The van der Waals surface area contributed by atoms with Crippen LogP contribution in [0.15, 0.2) is 36.7 Å². The summed E-state index contributed by atoms with van der Waals surface area (Å²) in [5.74, 6) is 0.264. The lowest BCUT2D eigenvalue weighted by Gasteiger charge is -2.17. The summed E-state index contributed by atoms with van der Waals surface area (Å²) in [5, 5.41) is 7.69. The fourth-order valence-electron chi connectivity index (χ4n) is 2.56. The number of nitrogens with zero attached hydrogens (tertiary/aromatic N) is 2. The highest BCUT2D eigenvalue weighted by Crippen LogP contribution is 2.16. The summed E-state index contributed by atoms with van der Waals surface area (Å²) in [4.78, 5) is 0. The van der Waals surface area contributed by atoms with E-state index in [1.807, 2.05) is 23.0 Å². The molecule has 1 unspecified atom stereocenters. The molecule has 0 aliphatic heterocycles. The molecule has 0 spiro atoms. The van der Waals surface area contributed by atoms with E-state index < -0.39 is 0 Å². The van der Waals surface area contributed by atoms with Crippen molar-refractivity contribution < 1.29 is 4.39 Å². The lowest BCUT2D eigenvalue weighted by atomic mass is 9.93. The molecule has 0 fully saturated rings. The molecule has 4 heteroatoms. The number of aromatic nitrogens is 2. The first kappa shape index (κ1) is 15.7. The molecule has 114 valence electrons. The third kappa shape index (κ3) is 4.67. The van der Waals surface area contributed by atoms with Crippen LogP contribution in [0.2, 0.25) is 0 Å². The van der Waals surface area contributed by atoms with Crippen molar-refractivity contribution in [1.29, 1.82) is 0 Å². The van der Waals surface area contributed by atoms with Gasteiger partial charge < -0.3 is 5.32 Å². The minimum atomic E-state index is -0.108. The summed E-state index contributed by atoms with van der Waals surface area (Å²) in [5.41, 5.74) is 2.01. The van der Waals surface area contributed by atoms with Crippen molar-refractivity contribution >= 4 is 0 Å². The lowest BCUT2D eigenvalue weighted by Crippen LogP contribution is -2.25. The van der Waals surface area contributed by atoms with Crippen molar-refractivity contribution in [2.45, 2.75) is 33.2 Å². The fraction of sp³-hybridized carbons (Fsp3) is 0.471. The van der Waals surface area contributed by atoms with Crippen molar-refractivity contribution in [3.8, 4) is 0 Å². The van der Waals surface area contributed by atoms with Crippen LogP contribution in [-0.2, 0) is 19.4 Å². The quantitative estimate of drug-likeness (QED) is 0.809. The fourth-order valence-corrected chi connectivity index (χ4v) is 2.56. The van der Waals surface area contributed by atoms with E-state index in [2.05, 4.69) is 30.5 Å². The molecular weight excluding hydrogens is 265 g/mol. The Bertz CT molecular complexity index is 550. The number of hydrogen-bond acceptors (Lipinski definition) is 2. The summed E-state index contributed by atoms with van der Waals surface area (Å²) in [7, 11) is 0. The van der Waals surface area contributed by atoms with Crippen LogP contribution in [0.1, 0.15) is 25.0 Å². The topological polar surface area (TPSA) is 29.9 Å². The van der Waals surface area contributed by atoms with Crippen molar-refractivity contribution in [1.82, 2.24) is 15.1 Å². The first-order valence-electron chi connectivity index (χ1n) is 7.68. The monoisotopic (exact) mass is 289 g/mol. The number of hydrogen-bond donors (Lipinski definition) is 1. The third-order valence-corrected chi connectivity index (χ3v) is 3.68. The Hall–Kier alpha value is -1.68. The average molecular weight is 289 g/mol. The molecule has 0 amide bonds. The zero-order valence-corrected chi connectivity index (χ0v) is 12.8. The zero-order chi connectivity index (χ0) is 15.1. The van der Waals surface area contributed by atoms with Gasteiger partial charge in [0.05, 0.1) is 6.20 Å². The largest absolute Gasteiger partial charge is 0.317 e. The minimum Gasteiger partial charge on any atom is -0.317 e. The van der Waals surface area contributed by atoms with Crippen LogP contribution in [0.4, 0.5) is 4.39 Å². The van der Waals surface area contributed by atoms with Gasteiger partial charge in [0, 0.05) is 12.7 Å². The van der Waals surface area contributed by atoms with Gasteiger partial charge in [-0.3, -0.25) is 4.68 Å². The molecule has 21 heavy (non-hydrogen) atoms. The maximum Gasteiger partial charge on any atom is 0.126 e. The molecule has 1 aromatic carbocycles. The first-order valence-corrected chi connectivity index (χ1v) is 7.68. The van der Waals surface area contributed by atoms with Gasteiger partial charge in [0.25, 0.3) is 0 Å². The number of benzene rings is 1. The zero-order valence-electron chi connectivity index (χ0n) is 12.8. The van der Waals surface area contributed by atoms with Crippen molar-refractivity contribution in [2.75, 3.05) is 13.1 Å². The standard InChI is InChI=1S/C17H24FN3/c1-3-19-11-14(9-15-12-20-21(4-2)13-15)10-16-7-5-6-8-17(16)18/h5-8,12-14,19H,3-4,9-11H2,1-2H3. The van der Waals surface area contributed by atoms with Crippen LogP contribution in [0.5, 0.6) is 0 Å². The molecule has 1 N–H and O–H groups in total. The van der Waals surface area contributed by atoms with Crippen LogP contribution in [0.3, 0.4) is 0 Å². The first-order chi connectivity index (χ1) is 10.2. The number of nitrogens with one attached hydrogen (secondary N) is 1. The van der Waals surface area contributed by atoms with Crippen LogP contribution >= 0.6 is 0 Å². The molecule has 0 aliphatic carbocycles. The van der Waals surface area contributed by atoms with E-state index in [1.165, 1.54) is 11.6 Å². The van der Waals surface area contributed by atoms with E-state index in [0.717, 1.165) is 38.0 Å². The van der Waals surface area contributed by atoms with Gasteiger partial charge in [-0.15, -0.1) is 0 Å². The summed E-state index contributed by atoms with van der Waals surface area (Å²) in [6, 6.07) is 7.06. The second-order valence-corrected chi connectivity index (χ2v) is 5.38. The predicted molar refractivity (Wildman–Crippen MR) is 83.7 cm³/mol. The van der Waals surface area contributed by atoms with Gasteiger partial charge in [-0.05, 0) is 56.0 Å². The third-order valence-electron chi connectivity index (χ3n) is 3.68. The summed E-state index contributed by atoms with van der Waals surface area (Å²) in [6.07, 6.45) is 5.67. The summed E-state index contributed by atoms with van der Waals surface area (Å²) in [6.45, 7) is 6.87. The van der Waals surface area contributed by atoms with E-state index in [0.29, 0.717) is 5.92 Å². The van der Waals surface area contributed by atoms with Gasteiger partial charge in [0.1, 0.15) is 5.82 Å². The molecule has 1 aromatic heterocycles. The van der Waals surface area contributed by atoms with E-state index in [1.54, 1.807) is 6.07 Å². The average Bonchev–Trinajstić information content (AvgIpc) is 2.94. The second-order valence-electron chi connectivity index (χ2n) is 5.38. The Kier molecular flexibility index (Phi) is 5.93. The van der Waals surface area contributed by atoms with Crippen LogP contribution in [-0.4, -0.2) is 22.9 Å². The Balaban J connectivity index is 2.05. The van der Waals surface area contributed by atoms with Gasteiger partial charge in [-0.2, -0.15) is 5.10 Å². The molecule has 2 rings (SSSR count). The van der Waals surface area contributed by atoms with Crippen LogP contribution in [0.25, 0.3) is 0 Å². The Labute approximate surface area is 126 Å². The molecule has 3 nitrogen and oxygen atoms in total. The van der Waals surface area contributed by atoms with E-state index in [4.69, 9.17) is 0 Å². The van der Waals surface area contributed by atoms with Crippen LogP contribution < -0.4 is 5.32 Å². The Morgan fingerprint density at radius 2 is 2.05 bits per heavy atom. The van der Waals surface area contributed by atoms with Gasteiger partial charge in [0.2, 0.25) is 0 Å². The maximum atomic E-state index is 13.8. The number of aryl methyl sites for hydroxylation is 1. The Morgan fingerprint density at radius 3 is 2.71 bits per heavy atom. The molecule has 0 saturated heterocycles. The Morgan fingerprint density at radius 1 is 1.24 bits per heavy atom. The highest BCUT2D eigenvalue weighted by molar-refractivity contribution is 5.18. The van der Waals surface area contributed by atoms with Crippen molar-refractivity contribution in [3.05, 3.63) is 53.6 Å². The highest BCUT2D eigenvalue weighted by atomic mass is 19.1. The molecule has 0 bridgehead atoms. The number of halogens is 1. The molecule has 0 aliphatic rings. The van der Waals surface area contributed by atoms with E-state index in [9.17, 15) is 4.39 Å². The van der Waals surface area contributed by atoms with Crippen molar-refractivity contribution in [2.24, 2.45) is 5.92 Å². The number of rotatable bonds is 8. The highest BCUT2D eigenvalue weighted by Gasteiger charge is 2.14. The molecule has 1 atom stereocenters. The van der Waals surface area contributed by atoms with E-state index >= 15 is 0 Å². The normalized spacial score (nSPS) is 12.5. The second kappa shape index (κ2) is 7.93. The van der Waals surface area contributed by atoms with Gasteiger partial charge >= 0.3 is 0 Å². The van der Waals surface area contributed by atoms with Gasteiger partial charge in [0.15, 0.2) is 0 Å². The summed E-state index contributed by atoms with van der Waals surface area (Å²) >= 11 is 0. The van der Waals surface area contributed by atoms with Gasteiger partial charge in [-0.1, -0.05) is 25.1 Å². The van der Waals surface area contributed by atoms with Gasteiger partial charge in [-0.25, -0.2) is 4.39 Å². The molecule has 0 radical (unpaired) electrons. The molecule has 0 saturated carbocycles.